The maximum Gasteiger partial charge on any atom is 0.269 e. The van der Waals surface area contributed by atoms with Gasteiger partial charge in [0.1, 0.15) is 11.6 Å². The second kappa shape index (κ2) is 10.4. The van der Waals surface area contributed by atoms with Gasteiger partial charge in [0.2, 0.25) is 5.91 Å². The lowest BCUT2D eigenvalue weighted by Gasteiger charge is -2.08. The number of nitro groups is 1. The van der Waals surface area contributed by atoms with Crippen LogP contribution in [-0.2, 0) is 23.3 Å². The van der Waals surface area contributed by atoms with Crippen LogP contribution in [0.1, 0.15) is 17.0 Å². The zero-order valence-electron chi connectivity index (χ0n) is 16.9. The molecule has 162 valence electrons. The Morgan fingerprint density at radius 3 is 2.61 bits per heavy atom. The first-order valence-corrected chi connectivity index (χ1v) is 11.4. The Bertz CT molecular complexity index is 1090. The summed E-state index contributed by atoms with van der Waals surface area (Å²) in [5.74, 6) is 1.78. The van der Waals surface area contributed by atoms with E-state index in [4.69, 9.17) is 0 Å². The molecule has 0 aliphatic rings. The molecule has 1 aromatic heterocycles. The predicted molar refractivity (Wildman–Crippen MR) is 120 cm³/mol. The minimum Gasteiger partial charge on any atom is -0.325 e. The summed E-state index contributed by atoms with van der Waals surface area (Å²) in [7, 11) is 1.84. The topological polar surface area (TPSA) is 103 Å². The van der Waals surface area contributed by atoms with Gasteiger partial charge in [-0.2, -0.15) is 0 Å². The molecule has 1 heterocycles. The molecule has 31 heavy (non-hydrogen) atoms. The maximum absolute atomic E-state index is 13.0. The van der Waals surface area contributed by atoms with Gasteiger partial charge in [-0.05, 0) is 36.2 Å². The number of aromatic nitrogens is 3. The van der Waals surface area contributed by atoms with Crippen molar-refractivity contribution in [3.05, 3.63) is 75.3 Å². The fourth-order valence-corrected chi connectivity index (χ4v) is 4.35. The monoisotopic (exact) mass is 461 g/mol. The number of carbonyl (C=O) groups excluding carboxylic acids is 1. The highest BCUT2D eigenvalue weighted by Crippen LogP contribution is 2.23. The van der Waals surface area contributed by atoms with Crippen LogP contribution < -0.4 is 5.32 Å². The summed E-state index contributed by atoms with van der Waals surface area (Å²) in [4.78, 5) is 22.6. The molecule has 0 aliphatic carbocycles. The fraction of sp³-hybridized carbons (Fsp3) is 0.250. The lowest BCUT2D eigenvalue weighted by atomic mass is 10.2. The standard InChI is InChI=1S/C20H20FN5O3S2/c1-13-9-16(26(28)29)7-8-17(13)22-19(27)12-31-20-24-23-18(25(20)2)11-30-10-14-3-5-15(21)6-4-14/h3-9H,10-12H2,1-2H3,(H,22,27). The average Bonchev–Trinajstić information content (AvgIpc) is 3.09. The second-order valence-electron chi connectivity index (χ2n) is 6.67. The third-order valence-corrected chi connectivity index (χ3v) is 6.39. The highest BCUT2D eigenvalue weighted by Gasteiger charge is 2.14. The molecule has 3 aromatic rings. The molecular formula is C20H20FN5O3S2. The van der Waals surface area contributed by atoms with E-state index in [1.807, 2.05) is 11.6 Å². The van der Waals surface area contributed by atoms with Gasteiger partial charge in [0.15, 0.2) is 5.16 Å². The highest BCUT2D eigenvalue weighted by atomic mass is 32.2. The van der Waals surface area contributed by atoms with Crippen LogP contribution in [0.5, 0.6) is 0 Å². The molecule has 0 spiro atoms. The summed E-state index contributed by atoms with van der Waals surface area (Å²) in [6.45, 7) is 1.70. The van der Waals surface area contributed by atoms with Gasteiger partial charge >= 0.3 is 0 Å². The summed E-state index contributed by atoms with van der Waals surface area (Å²) in [5.41, 5.74) is 2.16. The van der Waals surface area contributed by atoms with E-state index in [2.05, 4.69) is 15.5 Å². The lowest BCUT2D eigenvalue weighted by molar-refractivity contribution is -0.384. The van der Waals surface area contributed by atoms with E-state index in [0.717, 1.165) is 17.1 Å². The molecule has 2 aromatic carbocycles. The number of halogens is 1. The summed E-state index contributed by atoms with van der Waals surface area (Å²) < 4.78 is 14.8. The number of nitro benzene ring substituents is 1. The largest absolute Gasteiger partial charge is 0.325 e. The smallest absolute Gasteiger partial charge is 0.269 e. The number of carbonyl (C=O) groups is 1. The third-order valence-electron chi connectivity index (χ3n) is 4.37. The van der Waals surface area contributed by atoms with Gasteiger partial charge < -0.3 is 9.88 Å². The van der Waals surface area contributed by atoms with Gasteiger partial charge in [0.05, 0.1) is 16.4 Å². The Hall–Kier alpha value is -2.92. The number of nitrogens with zero attached hydrogens (tertiary/aromatic N) is 4. The number of benzene rings is 2. The van der Waals surface area contributed by atoms with Crippen LogP contribution in [-0.4, -0.2) is 31.3 Å². The second-order valence-corrected chi connectivity index (χ2v) is 8.60. The number of nitrogens with one attached hydrogen (secondary N) is 1. The van der Waals surface area contributed by atoms with Gasteiger partial charge in [0, 0.05) is 30.6 Å². The van der Waals surface area contributed by atoms with E-state index < -0.39 is 4.92 Å². The van der Waals surface area contributed by atoms with Crippen molar-refractivity contribution in [2.45, 2.75) is 23.6 Å². The molecule has 0 atom stereocenters. The molecule has 0 saturated heterocycles. The number of anilines is 1. The van der Waals surface area contributed by atoms with E-state index >= 15 is 0 Å². The van der Waals surface area contributed by atoms with E-state index in [1.54, 1.807) is 30.8 Å². The summed E-state index contributed by atoms with van der Waals surface area (Å²) >= 11 is 2.90. The van der Waals surface area contributed by atoms with Crippen LogP contribution in [0.4, 0.5) is 15.8 Å². The molecular weight excluding hydrogens is 441 g/mol. The Morgan fingerprint density at radius 1 is 1.19 bits per heavy atom. The first-order valence-electron chi connectivity index (χ1n) is 9.21. The van der Waals surface area contributed by atoms with Crippen molar-refractivity contribution in [1.82, 2.24) is 14.8 Å². The van der Waals surface area contributed by atoms with E-state index in [1.165, 1.54) is 42.1 Å². The molecule has 0 aliphatic heterocycles. The molecule has 1 amide bonds. The van der Waals surface area contributed by atoms with E-state index in [9.17, 15) is 19.3 Å². The van der Waals surface area contributed by atoms with Crippen LogP contribution in [0.15, 0.2) is 47.6 Å². The molecule has 3 rings (SSSR count). The zero-order chi connectivity index (χ0) is 22.4. The minimum atomic E-state index is -0.474. The lowest BCUT2D eigenvalue weighted by Crippen LogP contribution is -2.15. The van der Waals surface area contributed by atoms with Crippen molar-refractivity contribution < 1.29 is 14.1 Å². The normalized spacial score (nSPS) is 10.8. The van der Waals surface area contributed by atoms with Crippen molar-refractivity contribution in [3.8, 4) is 0 Å². The molecule has 8 nitrogen and oxygen atoms in total. The maximum atomic E-state index is 13.0. The van der Waals surface area contributed by atoms with Crippen molar-refractivity contribution in [1.29, 1.82) is 0 Å². The highest BCUT2D eigenvalue weighted by molar-refractivity contribution is 7.99. The van der Waals surface area contributed by atoms with Crippen molar-refractivity contribution in [2.24, 2.45) is 7.05 Å². The minimum absolute atomic E-state index is 0.0196. The van der Waals surface area contributed by atoms with Crippen molar-refractivity contribution in [2.75, 3.05) is 11.1 Å². The molecule has 0 saturated carbocycles. The van der Waals surface area contributed by atoms with Gasteiger partial charge in [-0.25, -0.2) is 4.39 Å². The van der Waals surface area contributed by atoms with Crippen LogP contribution in [0.2, 0.25) is 0 Å². The molecule has 0 bridgehead atoms. The molecule has 1 N–H and O–H groups in total. The quantitative estimate of drug-likeness (QED) is 0.287. The zero-order valence-corrected chi connectivity index (χ0v) is 18.5. The first-order chi connectivity index (χ1) is 14.8. The van der Waals surface area contributed by atoms with Crippen LogP contribution >= 0.6 is 23.5 Å². The molecule has 0 unspecified atom stereocenters. The molecule has 11 heteroatoms. The van der Waals surface area contributed by atoms with Gasteiger partial charge in [0.25, 0.3) is 5.69 Å². The third kappa shape index (κ3) is 6.28. The first kappa shape index (κ1) is 22.8. The fourth-order valence-electron chi connectivity index (χ4n) is 2.66. The Kier molecular flexibility index (Phi) is 7.64. The van der Waals surface area contributed by atoms with E-state index in [-0.39, 0.29) is 23.2 Å². The Balaban J connectivity index is 1.49. The Morgan fingerprint density at radius 2 is 1.94 bits per heavy atom. The van der Waals surface area contributed by atoms with Crippen LogP contribution in [0, 0.1) is 22.9 Å². The summed E-state index contributed by atoms with van der Waals surface area (Å²) in [6, 6.07) is 10.7. The number of amides is 1. The van der Waals surface area contributed by atoms with Gasteiger partial charge in [-0.15, -0.1) is 22.0 Å². The van der Waals surface area contributed by atoms with Crippen LogP contribution in [0.25, 0.3) is 0 Å². The number of thioether (sulfide) groups is 2. The van der Waals surface area contributed by atoms with Crippen molar-refractivity contribution in [3.63, 3.8) is 0 Å². The predicted octanol–water partition coefficient (Wildman–Crippen LogP) is 4.34. The summed E-state index contributed by atoms with van der Waals surface area (Å²) in [6.07, 6.45) is 0. The molecule has 0 radical (unpaired) electrons. The molecule has 0 fully saturated rings. The summed E-state index contributed by atoms with van der Waals surface area (Å²) in [5, 5.41) is 22.5. The SMILES string of the molecule is Cc1cc([N+](=O)[O-])ccc1NC(=O)CSc1nnc(CSCc2ccc(F)cc2)n1C. The number of hydrogen-bond acceptors (Lipinski definition) is 7. The number of rotatable bonds is 9. The number of aryl methyl sites for hydroxylation is 1. The van der Waals surface area contributed by atoms with Crippen molar-refractivity contribution >= 4 is 40.8 Å². The van der Waals surface area contributed by atoms with Gasteiger partial charge in [-0.3, -0.25) is 14.9 Å². The average molecular weight is 462 g/mol. The number of non-ortho nitro benzene ring substituents is 1. The van der Waals surface area contributed by atoms with Crippen LogP contribution in [0.3, 0.4) is 0 Å². The Labute approximate surface area is 186 Å². The van der Waals surface area contributed by atoms with Gasteiger partial charge in [-0.1, -0.05) is 23.9 Å². The number of hydrogen-bond donors (Lipinski definition) is 1. The van der Waals surface area contributed by atoms with E-state index in [0.29, 0.717) is 22.2 Å².